The monoisotopic (exact) mass is 327 g/mol. The van der Waals surface area contributed by atoms with Crippen molar-refractivity contribution < 1.29 is 4.79 Å². The number of carbonyl (C=O) groups is 1. The van der Waals surface area contributed by atoms with E-state index in [1.807, 2.05) is 43.3 Å². The molecule has 1 aromatic carbocycles. The van der Waals surface area contributed by atoms with Gasteiger partial charge in [-0.2, -0.15) is 0 Å². The van der Waals surface area contributed by atoms with Crippen LogP contribution in [0.4, 0.5) is 0 Å². The van der Waals surface area contributed by atoms with Crippen molar-refractivity contribution in [1.82, 2.24) is 15.3 Å². The number of H-pyrrole nitrogens is 1. The molecule has 0 unspecified atom stereocenters. The Hall–Kier alpha value is -2.47. The molecule has 0 aliphatic heterocycles. The number of para-hydroxylation sites is 2. The van der Waals surface area contributed by atoms with E-state index < -0.39 is 0 Å². The Kier molecular flexibility index (Phi) is 4.52. The smallest absolute Gasteiger partial charge is 0.270 e. The number of nitrogens with one attached hydrogen (secondary N) is 2. The summed E-state index contributed by atoms with van der Waals surface area (Å²) in [6, 6.07) is 11.4. The van der Waals surface area contributed by atoms with Crippen LogP contribution >= 0.6 is 11.3 Å². The van der Waals surface area contributed by atoms with Crippen molar-refractivity contribution in [2.45, 2.75) is 26.3 Å². The summed E-state index contributed by atoms with van der Waals surface area (Å²) < 4.78 is 0. The Morgan fingerprint density at radius 1 is 1.26 bits per heavy atom. The second-order valence-electron chi connectivity index (χ2n) is 5.32. The summed E-state index contributed by atoms with van der Waals surface area (Å²) in [4.78, 5) is 33.4. The van der Waals surface area contributed by atoms with Gasteiger partial charge in [-0.15, -0.1) is 11.3 Å². The fourth-order valence-electron chi connectivity index (χ4n) is 2.32. The molecule has 1 amide bonds. The highest BCUT2D eigenvalue weighted by Crippen LogP contribution is 2.14. The number of aromatic amines is 1. The summed E-state index contributed by atoms with van der Waals surface area (Å²) in [5, 5.41) is 2.87. The van der Waals surface area contributed by atoms with Crippen LogP contribution in [0, 0.1) is 6.92 Å². The van der Waals surface area contributed by atoms with Gasteiger partial charge in [0.25, 0.3) is 5.56 Å². The second-order valence-corrected chi connectivity index (χ2v) is 6.69. The normalized spacial score (nSPS) is 10.8. The number of hydrogen-bond acceptors (Lipinski definition) is 4. The fraction of sp³-hybridized carbons (Fsp3) is 0.235. The molecule has 0 aliphatic rings. The predicted octanol–water partition coefficient (Wildman–Crippen LogP) is 2.54. The summed E-state index contributed by atoms with van der Waals surface area (Å²) in [7, 11) is 0. The van der Waals surface area contributed by atoms with Gasteiger partial charge in [0.1, 0.15) is 5.69 Å². The molecule has 0 fully saturated rings. The van der Waals surface area contributed by atoms with Crippen LogP contribution in [0.1, 0.15) is 21.9 Å². The van der Waals surface area contributed by atoms with E-state index in [4.69, 9.17) is 0 Å². The van der Waals surface area contributed by atoms with Crippen molar-refractivity contribution in [2.75, 3.05) is 0 Å². The van der Waals surface area contributed by atoms with Gasteiger partial charge < -0.3 is 10.3 Å². The van der Waals surface area contributed by atoms with E-state index >= 15 is 0 Å². The molecule has 2 N–H and O–H groups in total. The lowest BCUT2D eigenvalue weighted by atomic mass is 10.2. The zero-order chi connectivity index (χ0) is 16.2. The average molecular weight is 327 g/mol. The highest BCUT2D eigenvalue weighted by molar-refractivity contribution is 7.11. The van der Waals surface area contributed by atoms with Gasteiger partial charge in [-0.1, -0.05) is 12.1 Å². The molecule has 6 heteroatoms. The van der Waals surface area contributed by atoms with E-state index in [0.29, 0.717) is 24.2 Å². The third kappa shape index (κ3) is 3.84. The minimum Gasteiger partial charge on any atom is -0.351 e. The van der Waals surface area contributed by atoms with Gasteiger partial charge in [-0.25, -0.2) is 4.98 Å². The molecule has 0 atom stereocenters. The number of hydrogen-bond donors (Lipinski definition) is 2. The Morgan fingerprint density at radius 3 is 2.87 bits per heavy atom. The summed E-state index contributed by atoms with van der Waals surface area (Å²) in [5.74, 6) is -0.0783. The molecule has 0 saturated heterocycles. The first-order valence-electron chi connectivity index (χ1n) is 7.42. The van der Waals surface area contributed by atoms with Crippen LogP contribution in [-0.2, 0) is 17.8 Å². The molecule has 0 spiro atoms. The topological polar surface area (TPSA) is 74.8 Å². The maximum absolute atomic E-state index is 12.0. The highest BCUT2D eigenvalue weighted by atomic mass is 32.1. The zero-order valence-corrected chi connectivity index (χ0v) is 13.6. The van der Waals surface area contributed by atoms with Gasteiger partial charge in [-0.3, -0.25) is 9.59 Å². The number of rotatable bonds is 5. The first-order chi connectivity index (χ1) is 11.1. The number of fused-ring (bicyclic) bond motifs is 1. The van der Waals surface area contributed by atoms with Crippen molar-refractivity contribution >= 4 is 28.3 Å². The first-order valence-corrected chi connectivity index (χ1v) is 8.23. The maximum Gasteiger partial charge on any atom is 0.270 e. The van der Waals surface area contributed by atoms with Crippen LogP contribution in [0.3, 0.4) is 0 Å². The minimum absolute atomic E-state index is 0.0783. The molecule has 118 valence electrons. The molecular weight excluding hydrogens is 310 g/mol. The van der Waals surface area contributed by atoms with Crippen molar-refractivity contribution in [3.8, 4) is 0 Å². The van der Waals surface area contributed by atoms with Crippen molar-refractivity contribution in [3.05, 3.63) is 62.2 Å². The van der Waals surface area contributed by atoms with Gasteiger partial charge in [0.15, 0.2) is 0 Å². The molecule has 3 rings (SSSR count). The van der Waals surface area contributed by atoms with E-state index in [0.717, 1.165) is 10.4 Å². The molecular formula is C17H17N3O2S. The summed E-state index contributed by atoms with van der Waals surface area (Å²) in [5.41, 5.74) is 1.60. The van der Waals surface area contributed by atoms with Crippen LogP contribution in [0.2, 0.25) is 0 Å². The molecule has 3 aromatic rings. The van der Waals surface area contributed by atoms with E-state index in [9.17, 15) is 9.59 Å². The fourth-order valence-corrected chi connectivity index (χ4v) is 3.15. The van der Waals surface area contributed by atoms with Gasteiger partial charge in [0.05, 0.1) is 17.6 Å². The maximum atomic E-state index is 12.0. The zero-order valence-electron chi connectivity index (χ0n) is 12.8. The number of amides is 1. The minimum atomic E-state index is -0.231. The quantitative estimate of drug-likeness (QED) is 0.756. The van der Waals surface area contributed by atoms with E-state index in [2.05, 4.69) is 15.3 Å². The van der Waals surface area contributed by atoms with Crippen LogP contribution in [0.25, 0.3) is 11.0 Å². The molecule has 0 aliphatic carbocycles. The van der Waals surface area contributed by atoms with Crippen LogP contribution < -0.4 is 10.9 Å². The van der Waals surface area contributed by atoms with Crippen molar-refractivity contribution in [1.29, 1.82) is 0 Å². The molecule has 0 saturated carbocycles. The SMILES string of the molecule is Cc1ccc(CNC(=O)CCc2nc3ccccc3[nH]c2=O)s1. The Balaban J connectivity index is 1.60. The molecule has 5 nitrogen and oxygen atoms in total. The average Bonchev–Trinajstić information content (AvgIpc) is 2.96. The largest absolute Gasteiger partial charge is 0.351 e. The first kappa shape index (κ1) is 15.4. The molecule has 2 aromatic heterocycles. The number of aromatic nitrogens is 2. The van der Waals surface area contributed by atoms with E-state index in [1.54, 1.807) is 11.3 Å². The van der Waals surface area contributed by atoms with Gasteiger partial charge in [0, 0.05) is 22.6 Å². The standard InChI is InChI=1S/C17H17N3O2S/c1-11-6-7-12(23-11)10-18-16(21)9-8-15-17(22)20-14-5-3-2-4-13(14)19-15/h2-7H,8-10H2,1H3,(H,18,21)(H,20,22). The molecule has 0 bridgehead atoms. The number of nitrogens with zero attached hydrogens (tertiary/aromatic N) is 1. The lowest BCUT2D eigenvalue weighted by Gasteiger charge is -2.04. The summed E-state index contributed by atoms with van der Waals surface area (Å²) in [6.45, 7) is 2.56. The molecule has 0 radical (unpaired) electrons. The van der Waals surface area contributed by atoms with Gasteiger partial charge in [0.2, 0.25) is 5.91 Å². The second kappa shape index (κ2) is 6.75. The Bertz CT molecular complexity index is 898. The number of carbonyl (C=O) groups excluding carboxylic acids is 1. The Morgan fingerprint density at radius 2 is 2.09 bits per heavy atom. The van der Waals surface area contributed by atoms with Crippen LogP contribution in [0.5, 0.6) is 0 Å². The highest BCUT2D eigenvalue weighted by Gasteiger charge is 2.08. The van der Waals surface area contributed by atoms with Crippen molar-refractivity contribution in [3.63, 3.8) is 0 Å². The van der Waals surface area contributed by atoms with Crippen LogP contribution in [-0.4, -0.2) is 15.9 Å². The van der Waals surface area contributed by atoms with Crippen LogP contribution in [0.15, 0.2) is 41.2 Å². The van der Waals surface area contributed by atoms with E-state index in [1.165, 1.54) is 4.88 Å². The lowest BCUT2D eigenvalue weighted by molar-refractivity contribution is -0.121. The van der Waals surface area contributed by atoms with Gasteiger partial charge in [-0.05, 0) is 31.2 Å². The third-order valence-electron chi connectivity index (χ3n) is 3.51. The number of aryl methyl sites for hydroxylation is 2. The predicted molar refractivity (Wildman–Crippen MR) is 91.6 cm³/mol. The summed E-state index contributed by atoms with van der Waals surface area (Å²) >= 11 is 1.67. The molecule has 23 heavy (non-hydrogen) atoms. The van der Waals surface area contributed by atoms with Gasteiger partial charge >= 0.3 is 0 Å². The van der Waals surface area contributed by atoms with Crippen molar-refractivity contribution in [2.24, 2.45) is 0 Å². The molecule has 2 heterocycles. The van der Waals surface area contributed by atoms with E-state index in [-0.39, 0.29) is 17.9 Å². The third-order valence-corrected chi connectivity index (χ3v) is 4.52. The number of benzene rings is 1. The number of thiophene rings is 1. The summed E-state index contributed by atoms with van der Waals surface area (Å²) in [6.07, 6.45) is 0.578. The lowest BCUT2D eigenvalue weighted by Crippen LogP contribution is -2.24. The Labute approximate surface area is 137 Å².